The third-order valence-electron chi connectivity index (χ3n) is 5.51. The zero-order chi connectivity index (χ0) is 23.3. The number of aryl methyl sites for hydroxylation is 2. The van der Waals surface area contributed by atoms with Gasteiger partial charge >= 0.3 is 0 Å². The number of hydrogen-bond donors (Lipinski definition) is 1. The maximum atomic E-state index is 13.1. The SMILES string of the molecule is Cc1cc(C)cc(N(CC(=O)Nc2ccccc2C(=O)N2CCCCCC2)S(C)(=O)=O)c1. The van der Waals surface area contributed by atoms with Crippen LogP contribution in [-0.2, 0) is 14.8 Å². The summed E-state index contributed by atoms with van der Waals surface area (Å²) in [5.74, 6) is -0.622. The molecule has 8 heteroatoms. The molecule has 0 saturated carbocycles. The maximum Gasteiger partial charge on any atom is 0.255 e. The number of carbonyl (C=O) groups is 2. The fraction of sp³-hybridized carbons (Fsp3) is 0.417. The van der Waals surface area contributed by atoms with Gasteiger partial charge in [0.1, 0.15) is 6.54 Å². The van der Waals surface area contributed by atoms with Gasteiger partial charge in [0.2, 0.25) is 15.9 Å². The fourth-order valence-electron chi connectivity index (χ4n) is 4.04. The number of benzene rings is 2. The van der Waals surface area contributed by atoms with E-state index >= 15 is 0 Å². The predicted molar refractivity (Wildman–Crippen MR) is 128 cm³/mol. The van der Waals surface area contributed by atoms with Gasteiger partial charge in [-0.3, -0.25) is 13.9 Å². The molecule has 7 nitrogen and oxygen atoms in total. The van der Waals surface area contributed by atoms with Crippen LogP contribution in [0.3, 0.4) is 0 Å². The first-order valence-electron chi connectivity index (χ1n) is 10.9. The Bertz CT molecular complexity index is 1070. The van der Waals surface area contributed by atoms with Gasteiger partial charge < -0.3 is 10.2 Å². The summed E-state index contributed by atoms with van der Waals surface area (Å²) < 4.78 is 26.0. The standard InChI is InChI=1S/C24H31N3O4S/c1-18-14-19(2)16-20(15-18)27(32(3,30)31)17-23(28)25-22-11-7-6-10-21(22)24(29)26-12-8-4-5-9-13-26/h6-7,10-11,14-16H,4-5,8-9,12-13,17H2,1-3H3,(H,25,28). The fourth-order valence-corrected chi connectivity index (χ4v) is 4.88. The Hall–Kier alpha value is -2.87. The van der Waals surface area contributed by atoms with E-state index in [0.717, 1.165) is 47.4 Å². The highest BCUT2D eigenvalue weighted by atomic mass is 32.2. The zero-order valence-corrected chi connectivity index (χ0v) is 19.7. The van der Waals surface area contributed by atoms with Crippen LogP contribution in [0.2, 0.25) is 0 Å². The average Bonchev–Trinajstić information content (AvgIpc) is 3.00. The molecule has 2 aromatic rings. The molecule has 1 fully saturated rings. The van der Waals surface area contributed by atoms with Gasteiger partial charge in [0.25, 0.3) is 5.91 Å². The Balaban J connectivity index is 1.81. The summed E-state index contributed by atoms with van der Waals surface area (Å²) in [4.78, 5) is 27.8. The van der Waals surface area contributed by atoms with E-state index in [0.29, 0.717) is 30.0 Å². The minimum absolute atomic E-state index is 0.114. The molecule has 0 atom stereocenters. The number of hydrogen-bond acceptors (Lipinski definition) is 4. The summed E-state index contributed by atoms with van der Waals surface area (Å²) in [6.07, 6.45) is 5.25. The van der Waals surface area contributed by atoms with E-state index in [-0.39, 0.29) is 12.5 Å². The lowest BCUT2D eigenvalue weighted by molar-refractivity contribution is -0.114. The summed E-state index contributed by atoms with van der Waals surface area (Å²) in [5.41, 5.74) is 3.06. The van der Waals surface area contributed by atoms with E-state index in [2.05, 4.69) is 5.32 Å². The molecule has 2 amide bonds. The van der Waals surface area contributed by atoms with Gasteiger partial charge in [0.15, 0.2) is 0 Å². The molecule has 1 saturated heterocycles. The normalized spacial score (nSPS) is 14.5. The molecular weight excluding hydrogens is 426 g/mol. The number of para-hydroxylation sites is 1. The molecule has 1 aliphatic rings. The van der Waals surface area contributed by atoms with Crippen molar-refractivity contribution in [1.82, 2.24) is 4.90 Å². The number of rotatable bonds is 6. The molecule has 0 aromatic heterocycles. The minimum Gasteiger partial charge on any atom is -0.339 e. The first-order chi connectivity index (χ1) is 15.1. The van der Waals surface area contributed by atoms with Crippen LogP contribution in [0.4, 0.5) is 11.4 Å². The van der Waals surface area contributed by atoms with Crippen molar-refractivity contribution >= 4 is 33.2 Å². The first kappa shape index (κ1) is 23.8. The highest BCUT2D eigenvalue weighted by molar-refractivity contribution is 7.92. The molecule has 2 aromatic carbocycles. The molecule has 0 bridgehead atoms. The third-order valence-corrected chi connectivity index (χ3v) is 6.65. The Kier molecular flexibility index (Phi) is 7.56. The first-order valence-corrected chi connectivity index (χ1v) is 12.7. The average molecular weight is 458 g/mol. The Morgan fingerprint density at radius 2 is 1.56 bits per heavy atom. The van der Waals surface area contributed by atoms with Crippen LogP contribution in [0.5, 0.6) is 0 Å². The van der Waals surface area contributed by atoms with Crippen LogP contribution in [0.15, 0.2) is 42.5 Å². The lowest BCUT2D eigenvalue weighted by Crippen LogP contribution is -2.38. The highest BCUT2D eigenvalue weighted by Crippen LogP contribution is 2.23. The number of anilines is 2. The van der Waals surface area contributed by atoms with Gasteiger partial charge in [0, 0.05) is 13.1 Å². The van der Waals surface area contributed by atoms with Gasteiger partial charge in [0.05, 0.1) is 23.2 Å². The molecule has 0 unspecified atom stereocenters. The molecule has 1 aliphatic heterocycles. The van der Waals surface area contributed by atoms with Gasteiger partial charge in [-0.2, -0.15) is 0 Å². The number of nitrogens with zero attached hydrogens (tertiary/aromatic N) is 2. The molecule has 0 spiro atoms. The lowest BCUT2D eigenvalue weighted by Gasteiger charge is -2.24. The molecule has 3 rings (SSSR count). The van der Waals surface area contributed by atoms with E-state index < -0.39 is 15.9 Å². The number of likely N-dealkylation sites (tertiary alicyclic amines) is 1. The summed E-state index contributed by atoms with van der Waals surface area (Å²) in [6.45, 7) is 4.78. The summed E-state index contributed by atoms with van der Waals surface area (Å²) in [5, 5.41) is 2.76. The van der Waals surface area contributed by atoms with Crippen LogP contribution in [0.1, 0.15) is 47.2 Å². The predicted octanol–water partition coefficient (Wildman–Crippen LogP) is 3.72. The van der Waals surface area contributed by atoms with Crippen molar-refractivity contribution in [3.05, 3.63) is 59.2 Å². The van der Waals surface area contributed by atoms with Crippen molar-refractivity contribution in [1.29, 1.82) is 0 Å². The van der Waals surface area contributed by atoms with Gasteiger partial charge in [-0.25, -0.2) is 8.42 Å². The Labute approximate surface area is 190 Å². The quantitative estimate of drug-likeness (QED) is 0.716. The van der Waals surface area contributed by atoms with Gasteiger partial charge in [-0.1, -0.05) is 31.0 Å². The van der Waals surface area contributed by atoms with Crippen molar-refractivity contribution in [3.8, 4) is 0 Å². The lowest BCUT2D eigenvalue weighted by atomic mass is 10.1. The van der Waals surface area contributed by atoms with Crippen molar-refractivity contribution < 1.29 is 18.0 Å². The molecule has 32 heavy (non-hydrogen) atoms. The van der Waals surface area contributed by atoms with E-state index in [1.54, 1.807) is 36.4 Å². The number of nitrogens with one attached hydrogen (secondary N) is 1. The Morgan fingerprint density at radius 3 is 2.16 bits per heavy atom. The summed E-state index contributed by atoms with van der Waals surface area (Å²) in [7, 11) is -3.69. The van der Waals surface area contributed by atoms with E-state index in [9.17, 15) is 18.0 Å². The largest absolute Gasteiger partial charge is 0.339 e. The Morgan fingerprint density at radius 1 is 0.969 bits per heavy atom. The van der Waals surface area contributed by atoms with Crippen molar-refractivity contribution in [2.24, 2.45) is 0 Å². The topological polar surface area (TPSA) is 86.8 Å². The molecular formula is C24H31N3O4S. The number of sulfonamides is 1. The molecule has 0 aliphatic carbocycles. The van der Waals surface area contributed by atoms with E-state index in [1.165, 1.54) is 0 Å². The summed E-state index contributed by atoms with van der Waals surface area (Å²) in [6, 6.07) is 12.3. The van der Waals surface area contributed by atoms with Crippen LogP contribution in [-0.4, -0.2) is 51.0 Å². The zero-order valence-electron chi connectivity index (χ0n) is 18.9. The van der Waals surface area contributed by atoms with Gasteiger partial charge in [-0.05, 0) is 62.1 Å². The summed E-state index contributed by atoms with van der Waals surface area (Å²) >= 11 is 0. The third kappa shape index (κ3) is 6.09. The second kappa shape index (κ2) is 10.2. The maximum absolute atomic E-state index is 13.1. The molecule has 1 N–H and O–H groups in total. The number of amides is 2. The van der Waals surface area contributed by atoms with Crippen molar-refractivity contribution in [3.63, 3.8) is 0 Å². The molecule has 0 radical (unpaired) electrons. The smallest absolute Gasteiger partial charge is 0.255 e. The second-order valence-electron chi connectivity index (χ2n) is 8.42. The van der Waals surface area contributed by atoms with Crippen LogP contribution >= 0.6 is 0 Å². The van der Waals surface area contributed by atoms with Crippen LogP contribution in [0, 0.1) is 13.8 Å². The minimum atomic E-state index is -3.69. The van der Waals surface area contributed by atoms with Gasteiger partial charge in [-0.15, -0.1) is 0 Å². The van der Waals surface area contributed by atoms with Crippen LogP contribution in [0.25, 0.3) is 0 Å². The monoisotopic (exact) mass is 457 g/mol. The number of carbonyl (C=O) groups excluding carboxylic acids is 2. The van der Waals surface area contributed by atoms with Crippen molar-refractivity contribution in [2.45, 2.75) is 39.5 Å². The highest BCUT2D eigenvalue weighted by Gasteiger charge is 2.24. The van der Waals surface area contributed by atoms with Crippen LogP contribution < -0.4 is 9.62 Å². The second-order valence-corrected chi connectivity index (χ2v) is 10.3. The molecule has 1 heterocycles. The van der Waals surface area contributed by atoms with E-state index in [4.69, 9.17) is 0 Å². The van der Waals surface area contributed by atoms with E-state index in [1.807, 2.05) is 24.8 Å². The van der Waals surface area contributed by atoms with Crippen molar-refractivity contribution in [2.75, 3.05) is 35.5 Å². The molecule has 172 valence electrons.